The second kappa shape index (κ2) is 6.55. The Hall–Kier alpha value is -2.15. The molecular formula is C11H15N3O4. The van der Waals surface area contributed by atoms with Crippen molar-refractivity contribution in [2.24, 2.45) is 0 Å². The van der Waals surface area contributed by atoms with E-state index in [4.69, 9.17) is 9.84 Å². The van der Waals surface area contributed by atoms with Gasteiger partial charge < -0.3 is 15.2 Å². The minimum absolute atomic E-state index is 0.193. The van der Waals surface area contributed by atoms with Crippen LogP contribution < -0.4 is 5.32 Å². The molecule has 0 unspecified atom stereocenters. The predicted octanol–water partition coefficient (Wildman–Crippen LogP) is 0.0911. The fourth-order valence-corrected chi connectivity index (χ4v) is 1.32. The first kappa shape index (κ1) is 13.9. The van der Waals surface area contributed by atoms with E-state index in [2.05, 4.69) is 10.4 Å². The number of carboxylic acids is 1. The Morgan fingerprint density at radius 1 is 1.61 bits per heavy atom. The molecule has 1 aromatic rings. The fourth-order valence-electron chi connectivity index (χ4n) is 1.32. The van der Waals surface area contributed by atoms with E-state index in [0.717, 1.165) is 0 Å². The first-order valence-electron chi connectivity index (χ1n) is 5.28. The molecule has 0 spiro atoms. The Labute approximate surface area is 104 Å². The zero-order valence-corrected chi connectivity index (χ0v) is 10.2. The van der Waals surface area contributed by atoms with Crippen LogP contribution in [0.5, 0.6) is 0 Å². The summed E-state index contributed by atoms with van der Waals surface area (Å²) in [7, 11) is 1.57. The van der Waals surface area contributed by atoms with Crippen LogP contribution in [0.15, 0.2) is 18.0 Å². The van der Waals surface area contributed by atoms with E-state index in [1.807, 2.05) is 0 Å². The molecule has 0 aliphatic heterocycles. The van der Waals surface area contributed by atoms with E-state index < -0.39 is 11.9 Å². The van der Waals surface area contributed by atoms with Gasteiger partial charge in [0.15, 0.2) is 0 Å². The van der Waals surface area contributed by atoms with Crippen molar-refractivity contribution in [3.05, 3.63) is 23.7 Å². The molecule has 0 aromatic carbocycles. The molecule has 0 saturated heterocycles. The van der Waals surface area contributed by atoms with Crippen molar-refractivity contribution in [2.45, 2.75) is 13.5 Å². The highest BCUT2D eigenvalue weighted by molar-refractivity contribution is 5.96. The number of rotatable bonds is 6. The van der Waals surface area contributed by atoms with Crippen LogP contribution in [-0.2, 0) is 20.9 Å². The highest BCUT2D eigenvalue weighted by atomic mass is 16.5. The third-order valence-electron chi connectivity index (χ3n) is 2.09. The van der Waals surface area contributed by atoms with Crippen LogP contribution >= 0.6 is 0 Å². The highest BCUT2D eigenvalue weighted by Gasteiger charge is 2.10. The summed E-state index contributed by atoms with van der Waals surface area (Å²) in [5, 5.41) is 15.2. The summed E-state index contributed by atoms with van der Waals surface area (Å²) < 4.78 is 6.51. The molecule has 7 nitrogen and oxygen atoms in total. The molecule has 18 heavy (non-hydrogen) atoms. The second-order valence-corrected chi connectivity index (χ2v) is 3.52. The van der Waals surface area contributed by atoms with Crippen molar-refractivity contribution in [1.29, 1.82) is 0 Å². The molecule has 0 radical (unpaired) electrons. The molecule has 98 valence electrons. The van der Waals surface area contributed by atoms with Crippen LogP contribution in [0, 0.1) is 0 Å². The maximum absolute atomic E-state index is 10.9. The fraction of sp³-hybridized carbons (Fsp3) is 0.364. The number of hydrogen-bond acceptors (Lipinski definition) is 4. The van der Waals surface area contributed by atoms with Crippen molar-refractivity contribution in [3.63, 3.8) is 0 Å². The molecule has 0 fully saturated rings. The number of carbonyl (C=O) groups is 2. The molecule has 0 saturated carbocycles. The van der Waals surface area contributed by atoms with Crippen LogP contribution in [0.3, 0.4) is 0 Å². The molecule has 7 heteroatoms. The van der Waals surface area contributed by atoms with Gasteiger partial charge in [-0.3, -0.25) is 9.48 Å². The van der Waals surface area contributed by atoms with Crippen LogP contribution in [0.2, 0.25) is 0 Å². The number of nitrogens with zero attached hydrogens (tertiary/aromatic N) is 2. The zero-order chi connectivity index (χ0) is 13.5. The summed E-state index contributed by atoms with van der Waals surface area (Å²) in [5.74, 6) is -1.64. The Kier molecular flexibility index (Phi) is 5.06. The van der Waals surface area contributed by atoms with Gasteiger partial charge in [-0.25, -0.2) is 4.79 Å². The monoisotopic (exact) mass is 253 g/mol. The molecule has 0 aliphatic rings. The zero-order valence-electron chi connectivity index (χ0n) is 10.2. The molecule has 1 rings (SSSR count). The second-order valence-electron chi connectivity index (χ2n) is 3.52. The smallest absolute Gasteiger partial charge is 0.352 e. The van der Waals surface area contributed by atoms with Gasteiger partial charge >= 0.3 is 5.97 Å². The van der Waals surface area contributed by atoms with Gasteiger partial charge in [-0.2, -0.15) is 5.10 Å². The lowest BCUT2D eigenvalue weighted by molar-refractivity contribution is -0.134. The van der Waals surface area contributed by atoms with Crippen molar-refractivity contribution < 1.29 is 19.4 Å². The molecule has 0 bridgehead atoms. The SMILES string of the molecule is COCCn1nccc1/C=C(/NC(C)=O)C(=O)O. The van der Waals surface area contributed by atoms with E-state index in [1.54, 1.807) is 24.1 Å². The summed E-state index contributed by atoms with van der Waals surface area (Å²) in [5.41, 5.74) is 0.389. The third-order valence-corrected chi connectivity index (χ3v) is 2.09. The van der Waals surface area contributed by atoms with Gasteiger partial charge in [-0.15, -0.1) is 0 Å². The molecule has 1 amide bonds. The molecule has 1 heterocycles. The summed E-state index contributed by atoms with van der Waals surface area (Å²) in [6, 6.07) is 1.65. The lowest BCUT2D eigenvalue weighted by atomic mass is 10.3. The summed E-state index contributed by atoms with van der Waals surface area (Å²) in [4.78, 5) is 21.8. The average Bonchev–Trinajstić information content (AvgIpc) is 2.72. The lowest BCUT2D eigenvalue weighted by Crippen LogP contribution is -2.24. The summed E-state index contributed by atoms with van der Waals surface area (Å²) in [6.45, 7) is 2.21. The number of ether oxygens (including phenoxy) is 1. The van der Waals surface area contributed by atoms with Crippen LogP contribution in [0.25, 0.3) is 6.08 Å². The van der Waals surface area contributed by atoms with Gasteiger partial charge in [0.25, 0.3) is 0 Å². The summed E-state index contributed by atoms with van der Waals surface area (Å²) in [6.07, 6.45) is 2.90. The van der Waals surface area contributed by atoms with Crippen LogP contribution in [0.1, 0.15) is 12.6 Å². The predicted molar refractivity (Wildman–Crippen MR) is 63.5 cm³/mol. The van der Waals surface area contributed by atoms with E-state index >= 15 is 0 Å². The van der Waals surface area contributed by atoms with E-state index in [1.165, 1.54) is 13.0 Å². The first-order chi connectivity index (χ1) is 8.54. The van der Waals surface area contributed by atoms with Gasteiger partial charge in [0.05, 0.1) is 18.8 Å². The van der Waals surface area contributed by atoms with Crippen molar-refractivity contribution >= 4 is 18.0 Å². The molecule has 2 N–H and O–H groups in total. The first-order valence-corrected chi connectivity index (χ1v) is 5.28. The van der Waals surface area contributed by atoms with Gasteiger partial charge in [-0.1, -0.05) is 0 Å². The molecule has 1 aromatic heterocycles. The number of hydrogen-bond donors (Lipinski definition) is 2. The van der Waals surface area contributed by atoms with Crippen molar-refractivity contribution in [2.75, 3.05) is 13.7 Å². The largest absolute Gasteiger partial charge is 0.477 e. The highest BCUT2D eigenvalue weighted by Crippen LogP contribution is 2.05. The molecule has 0 aliphatic carbocycles. The average molecular weight is 253 g/mol. The number of methoxy groups -OCH3 is 1. The topological polar surface area (TPSA) is 93.5 Å². The van der Waals surface area contributed by atoms with Gasteiger partial charge in [0, 0.05) is 20.2 Å². The lowest BCUT2D eigenvalue weighted by Gasteiger charge is -2.06. The standard InChI is InChI=1S/C11H15N3O4/c1-8(15)13-10(11(16)17)7-9-3-4-12-14(9)5-6-18-2/h3-4,7H,5-6H2,1-2H3,(H,13,15)(H,16,17)/b10-7+. The number of aliphatic carboxylic acids is 1. The van der Waals surface area contributed by atoms with E-state index in [9.17, 15) is 9.59 Å². The quantitative estimate of drug-likeness (QED) is 0.701. The van der Waals surface area contributed by atoms with Crippen LogP contribution in [0.4, 0.5) is 0 Å². The van der Waals surface area contributed by atoms with E-state index in [0.29, 0.717) is 18.8 Å². The van der Waals surface area contributed by atoms with Crippen molar-refractivity contribution in [3.8, 4) is 0 Å². The van der Waals surface area contributed by atoms with Crippen molar-refractivity contribution in [1.82, 2.24) is 15.1 Å². The Bertz CT molecular complexity index is 465. The molecule has 0 atom stereocenters. The Morgan fingerprint density at radius 2 is 2.33 bits per heavy atom. The summed E-state index contributed by atoms with van der Waals surface area (Å²) >= 11 is 0. The maximum atomic E-state index is 10.9. The number of carboxylic acid groups (broad SMARTS) is 1. The Morgan fingerprint density at radius 3 is 2.89 bits per heavy atom. The number of carbonyl (C=O) groups excluding carboxylic acids is 1. The Balaban J connectivity index is 2.93. The third kappa shape index (κ3) is 4.02. The number of nitrogens with one attached hydrogen (secondary N) is 1. The number of aromatic nitrogens is 2. The molecular weight excluding hydrogens is 238 g/mol. The van der Waals surface area contributed by atoms with Gasteiger partial charge in [-0.05, 0) is 12.1 Å². The van der Waals surface area contributed by atoms with Crippen LogP contribution in [-0.4, -0.2) is 40.5 Å². The maximum Gasteiger partial charge on any atom is 0.352 e. The minimum Gasteiger partial charge on any atom is -0.477 e. The van der Waals surface area contributed by atoms with Gasteiger partial charge in [0.1, 0.15) is 5.70 Å². The van der Waals surface area contributed by atoms with Gasteiger partial charge in [0.2, 0.25) is 5.91 Å². The number of amides is 1. The normalized spacial score (nSPS) is 11.3. The van der Waals surface area contributed by atoms with E-state index in [-0.39, 0.29) is 5.70 Å². The minimum atomic E-state index is -1.20.